The lowest BCUT2D eigenvalue weighted by Crippen LogP contribution is -2.32. The maximum atomic E-state index is 12.8. The van der Waals surface area contributed by atoms with Crippen LogP contribution in [0, 0.1) is 11.3 Å². The zero-order valence-electron chi connectivity index (χ0n) is 19.6. The summed E-state index contributed by atoms with van der Waals surface area (Å²) < 4.78 is 11.7. The summed E-state index contributed by atoms with van der Waals surface area (Å²) in [6.45, 7) is 0. The van der Waals surface area contributed by atoms with E-state index < -0.39 is 5.56 Å². The molecule has 0 fully saturated rings. The highest BCUT2D eigenvalue weighted by Crippen LogP contribution is 2.35. The van der Waals surface area contributed by atoms with Crippen molar-refractivity contribution < 1.29 is 14.3 Å². The van der Waals surface area contributed by atoms with Crippen molar-refractivity contribution in [2.45, 2.75) is 10.9 Å². The Balaban J connectivity index is 1.57. The number of carbonyl (C=O) groups is 1. The first-order valence-electron chi connectivity index (χ1n) is 10.7. The van der Waals surface area contributed by atoms with Gasteiger partial charge in [0, 0.05) is 22.4 Å². The van der Waals surface area contributed by atoms with Crippen molar-refractivity contribution in [3.8, 4) is 28.8 Å². The number of thiophene rings is 1. The minimum absolute atomic E-state index is 0.159. The molecule has 0 atom stereocenters. The Morgan fingerprint density at radius 2 is 2.03 bits per heavy atom. The summed E-state index contributed by atoms with van der Waals surface area (Å²) >= 11 is 8.51. The second kappa shape index (κ2) is 11.4. The van der Waals surface area contributed by atoms with Gasteiger partial charge in [0.25, 0.3) is 11.5 Å². The number of amides is 1. The molecule has 0 unspecified atom stereocenters. The third kappa shape index (κ3) is 5.56. The van der Waals surface area contributed by atoms with Gasteiger partial charge in [0.1, 0.15) is 21.7 Å². The van der Waals surface area contributed by atoms with Crippen LogP contribution in [0.5, 0.6) is 11.5 Å². The van der Waals surface area contributed by atoms with Crippen molar-refractivity contribution in [1.29, 1.82) is 5.26 Å². The molecule has 0 saturated heterocycles. The number of carbonyl (C=O) groups excluding carboxylic acids is 1. The van der Waals surface area contributed by atoms with Gasteiger partial charge in [0.15, 0.2) is 10.9 Å². The fourth-order valence-corrected chi connectivity index (χ4v) is 5.35. The van der Waals surface area contributed by atoms with Gasteiger partial charge in [-0.05, 0) is 29.8 Å². The number of nitriles is 1. The molecule has 1 amide bonds. The summed E-state index contributed by atoms with van der Waals surface area (Å²) in [5.74, 6) is 6.92. The number of nitrogens with one attached hydrogen (secondary N) is 1. The van der Waals surface area contributed by atoms with Gasteiger partial charge < -0.3 is 20.6 Å². The molecule has 0 bridgehead atoms. The lowest BCUT2D eigenvalue weighted by Gasteiger charge is -2.12. The quantitative estimate of drug-likeness (QED) is 0.181. The van der Waals surface area contributed by atoms with Gasteiger partial charge in [0.05, 0.1) is 25.5 Å². The Kier molecular flexibility index (Phi) is 8.03. The van der Waals surface area contributed by atoms with E-state index >= 15 is 0 Å². The number of hydrogen-bond acceptors (Lipinski definition) is 9. The number of anilines is 1. The van der Waals surface area contributed by atoms with Gasteiger partial charge >= 0.3 is 0 Å². The van der Waals surface area contributed by atoms with E-state index in [4.69, 9.17) is 26.9 Å². The van der Waals surface area contributed by atoms with E-state index in [-0.39, 0.29) is 22.3 Å². The van der Waals surface area contributed by atoms with Crippen LogP contribution in [0.2, 0.25) is 4.34 Å². The lowest BCUT2D eigenvalue weighted by atomic mass is 10.1. The van der Waals surface area contributed by atoms with Crippen molar-refractivity contribution in [2.24, 2.45) is 0 Å². The van der Waals surface area contributed by atoms with E-state index in [1.165, 1.54) is 37.3 Å². The fourth-order valence-electron chi connectivity index (χ4n) is 3.45. The van der Waals surface area contributed by atoms with Crippen LogP contribution in [0.15, 0.2) is 63.9 Å². The van der Waals surface area contributed by atoms with Gasteiger partial charge in [-0.25, -0.2) is 9.66 Å². The molecule has 0 aliphatic carbocycles. The minimum atomic E-state index is -0.651. The fraction of sp³-hybridized carbons (Fsp3) is 0.120. The first kappa shape index (κ1) is 26.1. The van der Waals surface area contributed by atoms with Crippen molar-refractivity contribution in [3.05, 3.63) is 85.3 Å². The van der Waals surface area contributed by atoms with Crippen LogP contribution in [0.1, 0.15) is 21.5 Å². The van der Waals surface area contributed by atoms with E-state index in [0.29, 0.717) is 38.4 Å². The largest absolute Gasteiger partial charge is 0.497 e. The molecule has 4 aromatic rings. The maximum absolute atomic E-state index is 12.8. The molecule has 37 heavy (non-hydrogen) atoms. The first-order chi connectivity index (χ1) is 17.9. The number of nitrogens with two attached hydrogens (primary N) is 1. The molecular formula is C25H20ClN5O4S2. The lowest BCUT2D eigenvalue weighted by molar-refractivity contribution is 0.102. The van der Waals surface area contributed by atoms with Crippen LogP contribution >= 0.6 is 34.7 Å². The summed E-state index contributed by atoms with van der Waals surface area (Å²) in [4.78, 5) is 30.0. The Morgan fingerprint density at radius 1 is 1.24 bits per heavy atom. The van der Waals surface area contributed by atoms with Gasteiger partial charge in [-0.15, -0.1) is 11.3 Å². The standard InChI is InChI=1S/C25H20ClN5O4S2/c1-34-17-8-4-6-15(10-17)20-18(11-27)24(33)31(28)25(30-20)37-12-14-5-3-7-16(9-14)29-23(32)19-13-36-22(26)21(19)35-2/h3-10,13H,12,28H2,1-2H3,(H,29,32). The number of methoxy groups -OCH3 is 2. The number of halogens is 1. The number of nitrogen functional groups attached to an aromatic ring is 1. The van der Waals surface area contributed by atoms with E-state index in [0.717, 1.165) is 10.2 Å². The number of benzene rings is 2. The average molecular weight is 554 g/mol. The van der Waals surface area contributed by atoms with Crippen LogP contribution in [-0.4, -0.2) is 29.8 Å². The Labute approximate surface area is 225 Å². The van der Waals surface area contributed by atoms with Crippen molar-refractivity contribution in [1.82, 2.24) is 9.66 Å². The second-order valence-corrected chi connectivity index (χ2v) is 9.96. The highest BCUT2D eigenvalue weighted by Gasteiger charge is 2.19. The molecule has 188 valence electrons. The number of aromatic nitrogens is 2. The Morgan fingerprint density at radius 3 is 2.76 bits per heavy atom. The van der Waals surface area contributed by atoms with Gasteiger partial charge in [-0.2, -0.15) is 5.26 Å². The zero-order chi connectivity index (χ0) is 26.5. The molecule has 9 nitrogen and oxygen atoms in total. The summed E-state index contributed by atoms with van der Waals surface area (Å²) in [6.07, 6.45) is 0. The van der Waals surface area contributed by atoms with Crippen LogP contribution < -0.4 is 26.2 Å². The molecule has 0 spiro atoms. The van der Waals surface area contributed by atoms with Crippen LogP contribution in [0.3, 0.4) is 0 Å². The molecule has 0 saturated carbocycles. The summed E-state index contributed by atoms with van der Waals surface area (Å²) in [5, 5.41) is 14.3. The molecule has 0 aliphatic heterocycles. The monoisotopic (exact) mass is 553 g/mol. The van der Waals surface area contributed by atoms with E-state index in [1.54, 1.807) is 47.8 Å². The number of hydrogen-bond donors (Lipinski definition) is 2. The van der Waals surface area contributed by atoms with Crippen molar-refractivity contribution in [3.63, 3.8) is 0 Å². The molecule has 12 heteroatoms. The zero-order valence-corrected chi connectivity index (χ0v) is 22.0. The summed E-state index contributed by atoms with van der Waals surface area (Å²) in [6, 6.07) is 16.1. The van der Waals surface area contributed by atoms with Gasteiger partial charge in [0.2, 0.25) is 0 Å². The van der Waals surface area contributed by atoms with Crippen LogP contribution in [-0.2, 0) is 5.75 Å². The van der Waals surface area contributed by atoms with E-state index in [9.17, 15) is 14.9 Å². The predicted molar refractivity (Wildman–Crippen MR) is 145 cm³/mol. The third-order valence-corrected chi connectivity index (χ3v) is 7.45. The van der Waals surface area contributed by atoms with Crippen LogP contribution in [0.4, 0.5) is 5.69 Å². The summed E-state index contributed by atoms with van der Waals surface area (Å²) in [5.41, 5.74) is 1.73. The molecule has 0 aliphatic rings. The number of thioether (sulfide) groups is 1. The Bertz CT molecular complexity index is 1580. The predicted octanol–water partition coefficient (Wildman–Crippen LogP) is 4.77. The topological polar surface area (TPSA) is 132 Å². The van der Waals surface area contributed by atoms with E-state index in [1.807, 2.05) is 12.1 Å². The van der Waals surface area contributed by atoms with Crippen LogP contribution in [0.25, 0.3) is 11.3 Å². The molecular weight excluding hydrogens is 534 g/mol. The summed E-state index contributed by atoms with van der Waals surface area (Å²) in [7, 11) is 2.98. The SMILES string of the molecule is COc1cccc(-c2nc(SCc3cccc(NC(=O)c4csc(Cl)c4OC)c3)n(N)c(=O)c2C#N)c1. The molecule has 2 aromatic carbocycles. The molecule has 3 N–H and O–H groups in total. The smallest absolute Gasteiger partial charge is 0.291 e. The highest BCUT2D eigenvalue weighted by molar-refractivity contribution is 7.98. The molecule has 2 aromatic heterocycles. The number of nitrogens with zero attached hydrogens (tertiary/aromatic N) is 3. The maximum Gasteiger partial charge on any atom is 0.291 e. The molecule has 0 radical (unpaired) electrons. The third-order valence-electron chi connectivity index (χ3n) is 5.24. The van der Waals surface area contributed by atoms with E-state index in [2.05, 4.69) is 10.3 Å². The first-order valence-corrected chi connectivity index (χ1v) is 12.9. The molecule has 2 heterocycles. The molecule has 4 rings (SSSR count). The number of rotatable bonds is 8. The second-order valence-electron chi connectivity index (χ2n) is 7.54. The van der Waals surface area contributed by atoms with Gasteiger partial charge in [-0.1, -0.05) is 47.6 Å². The minimum Gasteiger partial charge on any atom is -0.497 e. The Hall–Kier alpha value is -3.98. The highest BCUT2D eigenvalue weighted by atomic mass is 35.5. The van der Waals surface area contributed by atoms with Crippen molar-refractivity contribution in [2.75, 3.05) is 25.4 Å². The van der Waals surface area contributed by atoms with Gasteiger partial charge in [-0.3, -0.25) is 9.59 Å². The average Bonchev–Trinajstić information content (AvgIpc) is 3.30. The number of ether oxygens (including phenoxy) is 2. The van der Waals surface area contributed by atoms with Crippen molar-refractivity contribution >= 4 is 46.3 Å². The normalized spacial score (nSPS) is 10.5.